The van der Waals surface area contributed by atoms with E-state index in [-0.39, 0.29) is 5.41 Å². The van der Waals surface area contributed by atoms with Crippen LogP contribution in [0.5, 0.6) is 0 Å². The van der Waals surface area contributed by atoms with Crippen molar-refractivity contribution in [3.05, 3.63) is 29.3 Å². The molecule has 0 spiro atoms. The third kappa shape index (κ3) is 2.76. The molecule has 0 atom stereocenters. The first-order valence-electron chi connectivity index (χ1n) is 5.34. The standard InChI is InChI=1S/C14H19N/c1-6-11-8-9-12(15-7-2)10-13(11)14(3,4)5/h1,8-10,15H,7H2,2-5H3. The fourth-order valence-electron chi connectivity index (χ4n) is 1.60. The Morgan fingerprint density at radius 1 is 1.33 bits per heavy atom. The molecule has 1 aromatic rings. The third-order valence-electron chi connectivity index (χ3n) is 2.36. The van der Waals surface area contributed by atoms with Gasteiger partial charge in [0.25, 0.3) is 0 Å². The van der Waals surface area contributed by atoms with Gasteiger partial charge >= 0.3 is 0 Å². The SMILES string of the molecule is C#Cc1ccc(NCC)cc1C(C)(C)C. The maximum Gasteiger partial charge on any atom is 0.0343 e. The Kier molecular flexibility index (Phi) is 3.42. The zero-order valence-electron chi connectivity index (χ0n) is 10.0. The number of hydrogen-bond acceptors (Lipinski definition) is 1. The lowest BCUT2D eigenvalue weighted by molar-refractivity contribution is 0.589. The van der Waals surface area contributed by atoms with E-state index in [1.54, 1.807) is 0 Å². The van der Waals surface area contributed by atoms with Crippen molar-refractivity contribution in [2.75, 3.05) is 11.9 Å². The molecule has 0 radical (unpaired) electrons. The van der Waals surface area contributed by atoms with Crippen LogP contribution in [0.3, 0.4) is 0 Å². The highest BCUT2D eigenvalue weighted by Gasteiger charge is 2.17. The van der Waals surface area contributed by atoms with Gasteiger partial charge in [0, 0.05) is 17.8 Å². The van der Waals surface area contributed by atoms with Crippen LogP contribution in [0.25, 0.3) is 0 Å². The molecule has 0 saturated heterocycles. The summed E-state index contributed by atoms with van der Waals surface area (Å²) in [5, 5.41) is 3.30. The zero-order valence-corrected chi connectivity index (χ0v) is 10.0. The first-order valence-corrected chi connectivity index (χ1v) is 5.34. The average molecular weight is 201 g/mol. The van der Waals surface area contributed by atoms with E-state index >= 15 is 0 Å². The highest BCUT2D eigenvalue weighted by atomic mass is 14.8. The fourth-order valence-corrected chi connectivity index (χ4v) is 1.60. The van der Waals surface area contributed by atoms with E-state index in [2.05, 4.69) is 45.0 Å². The van der Waals surface area contributed by atoms with E-state index in [0.717, 1.165) is 17.8 Å². The van der Waals surface area contributed by atoms with Gasteiger partial charge in [-0.25, -0.2) is 0 Å². The summed E-state index contributed by atoms with van der Waals surface area (Å²) in [7, 11) is 0. The van der Waals surface area contributed by atoms with E-state index in [1.807, 2.05) is 12.1 Å². The minimum atomic E-state index is 0.0904. The lowest BCUT2D eigenvalue weighted by atomic mass is 9.83. The van der Waals surface area contributed by atoms with Crippen LogP contribution in [0.15, 0.2) is 18.2 Å². The summed E-state index contributed by atoms with van der Waals surface area (Å²) in [6.07, 6.45) is 5.50. The Bertz CT molecular complexity index is 377. The molecule has 0 aliphatic carbocycles. The topological polar surface area (TPSA) is 12.0 Å². The molecule has 0 unspecified atom stereocenters. The summed E-state index contributed by atoms with van der Waals surface area (Å²) in [5.41, 5.74) is 3.45. The Hall–Kier alpha value is -1.42. The van der Waals surface area contributed by atoms with Crippen molar-refractivity contribution in [3.63, 3.8) is 0 Å². The molecule has 1 rings (SSSR count). The minimum absolute atomic E-state index is 0.0904. The van der Waals surface area contributed by atoms with Gasteiger partial charge in [-0.1, -0.05) is 26.7 Å². The molecule has 1 nitrogen and oxygen atoms in total. The van der Waals surface area contributed by atoms with E-state index in [4.69, 9.17) is 6.42 Å². The van der Waals surface area contributed by atoms with Gasteiger partial charge in [-0.3, -0.25) is 0 Å². The molecule has 0 amide bonds. The second-order valence-electron chi connectivity index (χ2n) is 4.69. The number of anilines is 1. The lowest BCUT2D eigenvalue weighted by Gasteiger charge is -2.22. The Labute approximate surface area is 92.9 Å². The molecular weight excluding hydrogens is 182 g/mol. The van der Waals surface area contributed by atoms with Crippen molar-refractivity contribution < 1.29 is 0 Å². The molecule has 1 aromatic carbocycles. The number of rotatable bonds is 2. The third-order valence-corrected chi connectivity index (χ3v) is 2.36. The van der Waals surface area contributed by atoms with Gasteiger partial charge in [0.1, 0.15) is 0 Å². The molecule has 0 aromatic heterocycles. The first kappa shape index (κ1) is 11.7. The van der Waals surface area contributed by atoms with Crippen molar-refractivity contribution >= 4 is 5.69 Å². The monoisotopic (exact) mass is 201 g/mol. The minimum Gasteiger partial charge on any atom is -0.385 e. The predicted molar refractivity (Wildman–Crippen MR) is 67.2 cm³/mol. The Balaban J connectivity index is 3.21. The van der Waals surface area contributed by atoms with E-state index in [9.17, 15) is 0 Å². The van der Waals surface area contributed by atoms with Gasteiger partial charge in [-0.15, -0.1) is 6.42 Å². The summed E-state index contributed by atoms with van der Waals surface area (Å²) in [6.45, 7) is 9.56. The first-order chi connectivity index (χ1) is 6.99. The molecule has 0 aliphatic heterocycles. The molecule has 15 heavy (non-hydrogen) atoms. The largest absolute Gasteiger partial charge is 0.385 e. The van der Waals surface area contributed by atoms with E-state index < -0.39 is 0 Å². The average Bonchev–Trinajstić information content (AvgIpc) is 2.17. The molecular formula is C14H19N. The molecule has 0 fully saturated rings. The summed E-state index contributed by atoms with van der Waals surface area (Å²) in [4.78, 5) is 0. The number of terminal acetylenes is 1. The van der Waals surface area contributed by atoms with Crippen LogP contribution in [-0.2, 0) is 5.41 Å². The molecule has 0 heterocycles. The van der Waals surface area contributed by atoms with E-state index in [1.165, 1.54) is 5.56 Å². The van der Waals surface area contributed by atoms with Gasteiger partial charge < -0.3 is 5.32 Å². The summed E-state index contributed by atoms with van der Waals surface area (Å²) in [5.74, 6) is 2.74. The highest BCUT2D eigenvalue weighted by molar-refractivity contribution is 5.54. The molecule has 80 valence electrons. The van der Waals surface area contributed by atoms with Crippen LogP contribution in [0.2, 0.25) is 0 Å². The quantitative estimate of drug-likeness (QED) is 0.723. The summed E-state index contributed by atoms with van der Waals surface area (Å²) < 4.78 is 0. The smallest absolute Gasteiger partial charge is 0.0343 e. The van der Waals surface area contributed by atoms with Crippen LogP contribution >= 0.6 is 0 Å². The van der Waals surface area contributed by atoms with Gasteiger partial charge in [0.2, 0.25) is 0 Å². The Morgan fingerprint density at radius 2 is 2.00 bits per heavy atom. The normalized spacial score (nSPS) is 10.9. The highest BCUT2D eigenvalue weighted by Crippen LogP contribution is 2.28. The van der Waals surface area contributed by atoms with Crippen molar-refractivity contribution in [2.45, 2.75) is 33.1 Å². The van der Waals surface area contributed by atoms with Crippen molar-refractivity contribution in [1.82, 2.24) is 0 Å². The summed E-state index contributed by atoms with van der Waals surface area (Å²) in [6, 6.07) is 6.20. The van der Waals surface area contributed by atoms with Crippen molar-refractivity contribution in [2.24, 2.45) is 0 Å². The zero-order chi connectivity index (χ0) is 11.5. The lowest BCUT2D eigenvalue weighted by Crippen LogP contribution is -2.14. The Morgan fingerprint density at radius 3 is 2.47 bits per heavy atom. The maximum atomic E-state index is 5.50. The van der Waals surface area contributed by atoms with Crippen LogP contribution in [0.4, 0.5) is 5.69 Å². The fraction of sp³-hybridized carbons (Fsp3) is 0.429. The number of nitrogens with one attached hydrogen (secondary N) is 1. The molecule has 1 N–H and O–H groups in total. The van der Waals surface area contributed by atoms with Crippen LogP contribution in [0.1, 0.15) is 38.8 Å². The number of benzene rings is 1. The summed E-state index contributed by atoms with van der Waals surface area (Å²) >= 11 is 0. The predicted octanol–water partition coefficient (Wildman–Crippen LogP) is 3.40. The number of hydrogen-bond donors (Lipinski definition) is 1. The van der Waals surface area contributed by atoms with Crippen molar-refractivity contribution in [1.29, 1.82) is 0 Å². The van der Waals surface area contributed by atoms with Crippen LogP contribution in [-0.4, -0.2) is 6.54 Å². The van der Waals surface area contributed by atoms with Gasteiger partial charge in [-0.05, 0) is 36.1 Å². The second kappa shape index (κ2) is 4.40. The molecule has 0 bridgehead atoms. The second-order valence-corrected chi connectivity index (χ2v) is 4.69. The van der Waals surface area contributed by atoms with Gasteiger partial charge in [0.15, 0.2) is 0 Å². The van der Waals surface area contributed by atoms with Gasteiger partial charge in [0.05, 0.1) is 0 Å². The molecule has 1 heteroatoms. The van der Waals surface area contributed by atoms with Crippen LogP contribution < -0.4 is 5.32 Å². The van der Waals surface area contributed by atoms with Crippen molar-refractivity contribution in [3.8, 4) is 12.3 Å². The van der Waals surface area contributed by atoms with E-state index in [0.29, 0.717) is 0 Å². The maximum absolute atomic E-state index is 5.50. The van der Waals surface area contributed by atoms with Gasteiger partial charge in [-0.2, -0.15) is 0 Å². The molecule has 0 saturated carbocycles. The van der Waals surface area contributed by atoms with Crippen LogP contribution in [0, 0.1) is 12.3 Å². The molecule has 0 aliphatic rings.